The number of fused-ring (bicyclic) bond motifs is 1. The molecule has 4 heterocycles. The highest BCUT2D eigenvalue weighted by Gasteiger charge is 2.44. The van der Waals surface area contributed by atoms with Gasteiger partial charge in [0.2, 0.25) is 11.8 Å². The van der Waals surface area contributed by atoms with E-state index in [9.17, 15) is 19.2 Å². The van der Waals surface area contributed by atoms with E-state index in [-0.39, 0.29) is 30.0 Å². The fraction of sp³-hybridized carbons (Fsp3) is 0.391. The molecule has 0 bridgehead atoms. The van der Waals surface area contributed by atoms with E-state index in [1.54, 1.807) is 18.2 Å². The zero-order valence-electron chi connectivity index (χ0n) is 18.3. The summed E-state index contributed by atoms with van der Waals surface area (Å²) in [6.45, 7) is 2.87. The molecule has 2 atom stereocenters. The molecule has 10 nitrogen and oxygen atoms in total. The number of benzene rings is 1. The zero-order valence-corrected chi connectivity index (χ0v) is 19.0. The van der Waals surface area contributed by atoms with E-state index < -0.39 is 29.7 Å². The second kappa shape index (κ2) is 9.21. The van der Waals surface area contributed by atoms with Crippen molar-refractivity contribution in [3.05, 3.63) is 57.9 Å². The lowest BCUT2D eigenvalue weighted by Gasteiger charge is -2.28. The largest absolute Gasteiger partial charge is 0.315 e. The second-order valence-electron chi connectivity index (χ2n) is 8.73. The Kier molecular flexibility index (Phi) is 6.11. The van der Waals surface area contributed by atoms with Gasteiger partial charge in [-0.3, -0.25) is 34.3 Å². The van der Waals surface area contributed by atoms with Gasteiger partial charge in [0, 0.05) is 32.1 Å². The zero-order chi connectivity index (χ0) is 23.8. The van der Waals surface area contributed by atoms with E-state index >= 15 is 0 Å². The number of aromatic nitrogens is 2. The Labute approximate surface area is 200 Å². The first-order valence-electron chi connectivity index (χ1n) is 11.2. The third-order valence-electron chi connectivity index (χ3n) is 6.49. The van der Waals surface area contributed by atoms with Gasteiger partial charge in [-0.25, -0.2) is 0 Å². The first kappa shape index (κ1) is 22.6. The Bertz CT molecular complexity index is 1160. The first-order valence-corrected chi connectivity index (χ1v) is 11.6. The summed E-state index contributed by atoms with van der Waals surface area (Å²) in [5.41, 5.74) is 2.21. The smallest absolute Gasteiger partial charge is 0.262 e. The van der Waals surface area contributed by atoms with E-state index in [2.05, 4.69) is 25.7 Å². The van der Waals surface area contributed by atoms with E-state index in [4.69, 9.17) is 11.6 Å². The molecule has 0 spiro atoms. The minimum absolute atomic E-state index is 0.0903. The monoisotopic (exact) mass is 482 g/mol. The van der Waals surface area contributed by atoms with Crippen LogP contribution in [0.2, 0.25) is 5.15 Å². The number of carbonyl (C=O) groups excluding carboxylic acids is 4. The van der Waals surface area contributed by atoms with Crippen molar-refractivity contribution < 1.29 is 19.2 Å². The van der Waals surface area contributed by atoms with Crippen LogP contribution >= 0.6 is 11.6 Å². The van der Waals surface area contributed by atoms with Crippen molar-refractivity contribution in [1.82, 2.24) is 30.6 Å². The van der Waals surface area contributed by atoms with Crippen LogP contribution in [0.5, 0.6) is 0 Å². The molecule has 2 fully saturated rings. The predicted octanol–water partition coefficient (Wildman–Crippen LogP) is 0.895. The van der Waals surface area contributed by atoms with Crippen LogP contribution < -0.4 is 10.6 Å². The van der Waals surface area contributed by atoms with Crippen LogP contribution in [0.4, 0.5) is 0 Å². The highest BCUT2D eigenvalue weighted by molar-refractivity contribution is 6.29. The molecular weight excluding hydrogens is 460 g/mol. The SMILES string of the molecule is O=C1CCC(N2C(=O)c3ccc(CN(Cc4ccc(Cl)nn4)C4CCNC4)cc3C2=O)C(=O)N1. The quantitative estimate of drug-likeness (QED) is 0.582. The van der Waals surface area contributed by atoms with Crippen LogP contribution in [0.3, 0.4) is 0 Å². The van der Waals surface area contributed by atoms with E-state index in [1.807, 2.05) is 12.1 Å². The number of halogens is 1. The van der Waals surface area contributed by atoms with Gasteiger partial charge in [-0.2, -0.15) is 5.10 Å². The van der Waals surface area contributed by atoms with Crippen molar-refractivity contribution in [2.75, 3.05) is 13.1 Å². The van der Waals surface area contributed by atoms with Crippen molar-refractivity contribution in [3.63, 3.8) is 0 Å². The Morgan fingerprint density at radius 3 is 2.53 bits per heavy atom. The molecule has 5 rings (SSSR count). The normalized spacial score (nSPS) is 22.5. The third kappa shape index (κ3) is 4.31. The molecule has 34 heavy (non-hydrogen) atoms. The van der Waals surface area contributed by atoms with E-state index in [0.717, 1.165) is 35.7 Å². The molecule has 4 amide bonds. The average Bonchev–Trinajstić information content (AvgIpc) is 3.43. The number of rotatable bonds is 6. The van der Waals surface area contributed by atoms with Crippen LogP contribution in [-0.4, -0.2) is 68.8 Å². The van der Waals surface area contributed by atoms with Gasteiger partial charge in [0.25, 0.3) is 11.8 Å². The molecule has 3 aliphatic rings. The summed E-state index contributed by atoms with van der Waals surface area (Å²) in [5, 5.41) is 14.0. The molecule has 176 valence electrons. The lowest BCUT2D eigenvalue weighted by atomic mass is 10.0. The molecule has 0 aliphatic carbocycles. The average molecular weight is 483 g/mol. The van der Waals surface area contributed by atoms with Gasteiger partial charge in [0.05, 0.1) is 16.8 Å². The van der Waals surface area contributed by atoms with Gasteiger partial charge < -0.3 is 5.32 Å². The van der Waals surface area contributed by atoms with Crippen LogP contribution in [0.1, 0.15) is 51.2 Å². The standard InChI is InChI=1S/C23H23ClN6O4/c24-19-5-2-14(27-28-19)12-29(15-7-8-25-10-15)11-13-1-3-16-17(9-13)23(34)30(22(16)33)18-4-6-20(31)26-21(18)32/h1-3,5,9,15,18,25H,4,6-8,10-12H2,(H,26,31,32). The Balaban J connectivity index is 1.37. The molecule has 2 aromatic rings. The van der Waals surface area contributed by atoms with E-state index in [0.29, 0.717) is 18.2 Å². The Hall–Kier alpha value is -3.21. The summed E-state index contributed by atoms with van der Waals surface area (Å²) >= 11 is 5.87. The van der Waals surface area contributed by atoms with Gasteiger partial charge in [0.1, 0.15) is 6.04 Å². The van der Waals surface area contributed by atoms with Crippen LogP contribution in [0.25, 0.3) is 0 Å². The number of nitrogens with one attached hydrogen (secondary N) is 2. The highest BCUT2D eigenvalue weighted by Crippen LogP contribution is 2.29. The van der Waals surface area contributed by atoms with Crippen molar-refractivity contribution >= 4 is 35.2 Å². The molecule has 11 heteroatoms. The lowest BCUT2D eigenvalue weighted by Crippen LogP contribution is -2.54. The Morgan fingerprint density at radius 2 is 1.82 bits per heavy atom. The van der Waals surface area contributed by atoms with Crippen molar-refractivity contribution in [2.24, 2.45) is 0 Å². The summed E-state index contributed by atoms with van der Waals surface area (Å²) in [5.74, 6) is -2.02. The molecule has 2 saturated heterocycles. The van der Waals surface area contributed by atoms with E-state index in [1.165, 1.54) is 0 Å². The number of hydrogen-bond donors (Lipinski definition) is 2. The first-order chi connectivity index (χ1) is 16.4. The molecule has 2 N–H and O–H groups in total. The second-order valence-corrected chi connectivity index (χ2v) is 9.11. The fourth-order valence-electron chi connectivity index (χ4n) is 4.75. The molecule has 0 saturated carbocycles. The predicted molar refractivity (Wildman–Crippen MR) is 121 cm³/mol. The maximum absolute atomic E-state index is 13.1. The van der Waals surface area contributed by atoms with Crippen LogP contribution in [0.15, 0.2) is 30.3 Å². The summed E-state index contributed by atoms with van der Waals surface area (Å²) in [7, 11) is 0. The van der Waals surface area contributed by atoms with Crippen molar-refractivity contribution in [1.29, 1.82) is 0 Å². The minimum Gasteiger partial charge on any atom is -0.315 e. The number of carbonyl (C=O) groups is 4. The minimum atomic E-state index is -0.974. The number of amides is 4. The van der Waals surface area contributed by atoms with Crippen molar-refractivity contribution in [2.45, 2.75) is 44.4 Å². The topological polar surface area (TPSA) is 125 Å². The maximum atomic E-state index is 13.1. The molecule has 0 radical (unpaired) electrons. The van der Waals surface area contributed by atoms with Crippen molar-refractivity contribution in [3.8, 4) is 0 Å². The molecule has 2 unspecified atom stereocenters. The van der Waals surface area contributed by atoms with Crippen LogP contribution in [-0.2, 0) is 22.7 Å². The maximum Gasteiger partial charge on any atom is 0.262 e. The molecule has 1 aromatic carbocycles. The Morgan fingerprint density at radius 1 is 1.00 bits per heavy atom. The fourth-order valence-corrected chi connectivity index (χ4v) is 4.85. The summed E-state index contributed by atoms with van der Waals surface area (Å²) in [6.07, 6.45) is 1.20. The lowest BCUT2D eigenvalue weighted by molar-refractivity contribution is -0.136. The third-order valence-corrected chi connectivity index (χ3v) is 6.69. The van der Waals surface area contributed by atoms with Crippen LogP contribution in [0, 0.1) is 0 Å². The molecular formula is C23H23ClN6O4. The molecule has 3 aliphatic heterocycles. The van der Waals surface area contributed by atoms with Gasteiger partial charge in [0.15, 0.2) is 5.15 Å². The number of imide groups is 2. The summed E-state index contributed by atoms with van der Waals surface area (Å²) < 4.78 is 0. The number of piperidine rings is 1. The van der Waals surface area contributed by atoms with Gasteiger partial charge in [-0.15, -0.1) is 5.10 Å². The van der Waals surface area contributed by atoms with Gasteiger partial charge in [-0.05, 0) is 49.2 Å². The molecule has 1 aromatic heterocycles. The van der Waals surface area contributed by atoms with Gasteiger partial charge in [-0.1, -0.05) is 17.7 Å². The number of hydrogen-bond acceptors (Lipinski definition) is 8. The highest BCUT2D eigenvalue weighted by atomic mass is 35.5. The summed E-state index contributed by atoms with van der Waals surface area (Å²) in [6, 6.07) is 8.06. The number of nitrogens with zero attached hydrogens (tertiary/aromatic N) is 4. The summed E-state index contributed by atoms with van der Waals surface area (Å²) in [4.78, 5) is 53.1. The van der Waals surface area contributed by atoms with Gasteiger partial charge >= 0.3 is 0 Å².